The summed E-state index contributed by atoms with van der Waals surface area (Å²) in [5.41, 5.74) is 3.38. The number of nitrogens with one attached hydrogen (secondary N) is 1. The largest absolute Gasteiger partial charge is 0.360 e. The first-order chi connectivity index (χ1) is 11.4. The smallest absolute Gasteiger partial charge is 0.260 e. The minimum absolute atomic E-state index is 0.581. The number of benzene rings is 2. The molecule has 4 heteroatoms. The van der Waals surface area contributed by atoms with Gasteiger partial charge in [0.25, 0.3) is 5.89 Å². The molecular weight excluding hydrogens is 286 g/mol. The highest BCUT2D eigenvalue weighted by Crippen LogP contribution is 2.27. The van der Waals surface area contributed by atoms with E-state index in [0.717, 1.165) is 41.6 Å². The van der Waals surface area contributed by atoms with Crippen molar-refractivity contribution < 1.29 is 4.52 Å². The molecule has 0 radical (unpaired) electrons. The summed E-state index contributed by atoms with van der Waals surface area (Å²) in [6.45, 7) is 0. The molecule has 23 heavy (non-hydrogen) atoms. The Kier molecular flexibility index (Phi) is 3.64. The van der Waals surface area contributed by atoms with Crippen LogP contribution in [0.1, 0.15) is 17.8 Å². The van der Waals surface area contributed by atoms with Crippen molar-refractivity contribution in [2.24, 2.45) is 0 Å². The van der Waals surface area contributed by atoms with Crippen LogP contribution in [-0.2, 0) is 12.8 Å². The molecular formula is C19H17N3O. The van der Waals surface area contributed by atoms with Crippen LogP contribution in [0.3, 0.4) is 0 Å². The van der Waals surface area contributed by atoms with E-state index in [-0.39, 0.29) is 0 Å². The summed E-state index contributed by atoms with van der Waals surface area (Å²) in [6, 6.07) is 18.6. The average molecular weight is 303 g/mol. The van der Waals surface area contributed by atoms with Gasteiger partial charge in [0.15, 0.2) is 5.82 Å². The van der Waals surface area contributed by atoms with Crippen molar-refractivity contribution >= 4 is 10.9 Å². The summed E-state index contributed by atoms with van der Waals surface area (Å²) >= 11 is 0. The summed E-state index contributed by atoms with van der Waals surface area (Å²) in [5.74, 6) is 1.35. The van der Waals surface area contributed by atoms with Crippen molar-refractivity contribution in [1.29, 1.82) is 0 Å². The summed E-state index contributed by atoms with van der Waals surface area (Å²) in [7, 11) is 0. The van der Waals surface area contributed by atoms with Gasteiger partial charge >= 0.3 is 0 Å². The number of rotatable bonds is 5. The lowest BCUT2D eigenvalue weighted by Crippen LogP contribution is -1.92. The second-order valence-electron chi connectivity index (χ2n) is 5.60. The molecule has 0 amide bonds. The zero-order valence-corrected chi connectivity index (χ0v) is 12.7. The van der Waals surface area contributed by atoms with Crippen LogP contribution in [0.5, 0.6) is 0 Å². The van der Waals surface area contributed by atoms with Crippen molar-refractivity contribution in [3.8, 4) is 11.5 Å². The lowest BCUT2D eigenvalue weighted by molar-refractivity contribution is 0.422. The molecule has 2 heterocycles. The number of aromatic amines is 1. The van der Waals surface area contributed by atoms with Crippen LogP contribution >= 0.6 is 0 Å². The van der Waals surface area contributed by atoms with E-state index in [4.69, 9.17) is 4.52 Å². The Hall–Kier alpha value is -2.88. The van der Waals surface area contributed by atoms with Crippen LogP contribution in [0, 0.1) is 0 Å². The monoisotopic (exact) mass is 303 g/mol. The summed E-state index contributed by atoms with van der Waals surface area (Å²) in [5, 5.41) is 5.21. The van der Waals surface area contributed by atoms with Crippen LogP contribution in [0.4, 0.5) is 0 Å². The normalized spacial score (nSPS) is 11.1. The Balaban J connectivity index is 1.47. The van der Waals surface area contributed by atoms with Gasteiger partial charge in [-0.3, -0.25) is 0 Å². The van der Waals surface area contributed by atoms with E-state index in [9.17, 15) is 0 Å². The lowest BCUT2D eigenvalue weighted by Gasteiger charge is -1.98. The van der Waals surface area contributed by atoms with Gasteiger partial charge < -0.3 is 9.51 Å². The molecule has 1 N–H and O–H groups in total. The molecule has 0 unspecified atom stereocenters. The Bertz CT molecular complexity index is 908. The zero-order chi connectivity index (χ0) is 15.5. The van der Waals surface area contributed by atoms with Gasteiger partial charge in [-0.1, -0.05) is 53.7 Å². The maximum Gasteiger partial charge on any atom is 0.260 e. The summed E-state index contributed by atoms with van der Waals surface area (Å²) < 4.78 is 5.44. The maximum atomic E-state index is 5.44. The van der Waals surface area contributed by atoms with E-state index < -0.39 is 0 Å². The number of nitrogens with zero attached hydrogens (tertiary/aromatic N) is 2. The Morgan fingerprint density at radius 2 is 1.74 bits per heavy atom. The minimum atomic E-state index is 0.581. The molecule has 0 spiro atoms. The molecule has 2 aromatic heterocycles. The SMILES string of the molecule is c1ccc(CCCc2noc(-c3c[nH]c4ccccc34)n2)cc1. The molecule has 0 atom stereocenters. The fourth-order valence-electron chi connectivity index (χ4n) is 2.81. The third-order valence-electron chi connectivity index (χ3n) is 4.00. The van der Waals surface area contributed by atoms with Gasteiger partial charge in [-0.05, 0) is 24.5 Å². The summed E-state index contributed by atoms with van der Waals surface area (Å²) in [4.78, 5) is 7.77. The number of H-pyrrole nitrogens is 1. The molecule has 4 nitrogen and oxygen atoms in total. The standard InChI is InChI=1S/C19H17N3O/c1-2-7-14(8-3-1)9-6-12-18-21-19(23-22-18)16-13-20-17-11-5-4-10-15(16)17/h1-5,7-8,10-11,13,20H,6,9,12H2. The second-order valence-corrected chi connectivity index (χ2v) is 5.60. The molecule has 0 aliphatic rings. The quantitative estimate of drug-likeness (QED) is 0.595. The Morgan fingerprint density at radius 1 is 0.913 bits per heavy atom. The first kappa shape index (κ1) is 13.8. The van der Waals surface area contributed by atoms with Crippen molar-refractivity contribution in [2.75, 3.05) is 0 Å². The molecule has 0 aliphatic heterocycles. The van der Waals surface area contributed by atoms with Crippen LogP contribution < -0.4 is 0 Å². The molecule has 4 aromatic rings. The van der Waals surface area contributed by atoms with Crippen LogP contribution in [0.25, 0.3) is 22.4 Å². The fourth-order valence-corrected chi connectivity index (χ4v) is 2.81. The van der Waals surface area contributed by atoms with E-state index >= 15 is 0 Å². The van der Waals surface area contributed by atoms with Gasteiger partial charge in [0, 0.05) is 23.5 Å². The molecule has 0 saturated heterocycles. The van der Waals surface area contributed by atoms with Gasteiger partial charge in [0.05, 0.1) is 5.56 Å². The summed E-state index contributed by atoms with van der Waals surface area (Å²) in [6.07, 6.45) is 4.78. The first-order valence-electron chi connectivity index (χ1n) is 7.83. The number of fused-ring (bicyclic) bond motifs is 1. The van der Waals surface area contributed by atoms with E-state index in [1.54, 1.807) is 0 Å². The number of aryl methyl sites for hydroxylation is 2. The molecule has 0 saturated carbocycles. The molecule has 0 aliphatic carbocycles. The highest BCUT2D eigenvalue weighted by molar-refractivity contribution is 5.93. The Morgan fingerprint density at radius 3 is 2.65 bits per heavy atom. The zero-order valence-electron chi connectivity index (χ0n) is 12.7. The van der Waals surface area contributed by atoms with Crippen LogP contribution in [-0.4, -0.2) is 15.1 Å². The van der Waals surface area contributed by atoms with Gasteiger partial charge in [-0.15, -0.1) is 0 Å². The third-order valence-corrected chi connectivity index (χ3v) is 4.00. The third kappa shape index (κ3) is 2.88. The second kappa shape index (κ2) is 6.08. The van der Waals surface area contributed by atoms with Crippen molar-refractivity contribution in [3.05, 3.63) is 72.2 Å². The number of para-hydroxylation sites is 1. The molecule has 0 fully saturated rings. The molecule has 114 valence electrons. The van der Waals surface area contributed by atoms with Crippen molar-refractivity contribution in [2.45, 2.75) is 19.3 Å². The fraction of sp³-hybridized carbons (Fsp3) is 0.158. The topological polar surface area (TPSA) is 54.7 Å². The van der Waals surface area contributed by atoms with Gasteiger partial charge in [-0.2, -0.15) is 4.98 Å². The van der Waals surface area contributed by atoms with E-state index in [0.29, 0.717) is 5.89 Å². The van der Waals surface area contributed by atoms with Crippen LogP contribution in [0.2, 0.25) is 0 Å². The highest BCUT2D eigenvalue weighted by atomic mass is 16.5. The number of aromatic nitrogens is 3. The highest BCUT2D eigenvalue weighted by Gasteiger charge is 2.13. The first-order valence-corrected chi connectivity index (χ1v) is 7.83. The Labute approximate surface area is 134 Å². The van der Waals surface area contributed by atoms with Crippen molar-refractivity contribution in [3.63, 3.8) is 0 Å². The molecule has 4 rings (SSSR count). The predicted octanol–water partition coefficient (Wildman–Crippen LogP) is 4.39. The van der Waals surface area contributed by atoms with Gasteiger partial charge in [0.1, 0.15) is 0 Å². The molecule has 2 aromatic carbocycles. The maximum absolute atomic E-state index is 5.44. The predicted molar refractivity (Wildman–Crippen MR) is 90.1 cm³/mol. The molecule has 0 bridgehead atoms. The number of hydrogen-bond donors (Lipinski definition) is 1. The van der Waals surface area contributed by atoms with Crippen molar-refractivity contribution in [1.82, 2.24) is 15.1 Å². The van der Waals surface area contributed by atoms with Crippen LogP contribution in [0.15, 0.2) is 65.3 Å². The average Bonchev–Trinajstić information content (AvgIpc) is 3.22. The van der Waals surface area contributed by atoms with Gasteiger partial charge in [0.2, 0.25) is 0 Å². The van der Waals surface area contributed by atoms with E-state index in [1.165, 1.54) is 5.56 Å². The van der Waals surface area contributed by atoms with E-state index in [1.807, 2.05) is 30.5 Å². The minimum Gasteiger partial charge on any atom is -0.360 e. The van der Waals surface area contributed by atoms with Gasteiger partial charge in [-0.25, -0.2) is 0 Å². The lowest BCUT2D eigenvalue weighted by atomic mass is 10.1. The van der Waals surface area contributed by atoms with E-state index in [2.05, 4.69) is 45.5 Å². The number of hydrogen-bond acceptors (Lipinski definition) is 3.